The van der Waals surface area contributed by atoms with Crippen molar-refractivity contribution in [1.82, 2.24) is 5.32 Å². The van der Waals surface area contributed by atoms with Gasteiger partial charge in [-0.3, -0.25) is 0 Å². The summed E-state index contributed by atoms with van der Waals surface area (Å²) >= 11 is 0. The van der Waals surface area contributed by atoms with E-state index in [-0.39, 0.29) is 5.41 Å². The molecule has 0 saturated heterocycles. The number of hydrogen-bond donors (Lipinski definition) is 1. The van der Waals surface area contributed by atoms with Gasteiger partial charge in [0.15, 0.2) is 0 Å². The Labute approximate surface area is 131 Å². The van der Waals surface area contributed by atoms with Crippen LogP contribution >= 0.6 is 0 Å². The highest BCUT2D eigenvalue weighted by Crippen LogP contribution is 2.57. The van der Waals surface area contributed by atoms with Crippen LogP contribution in [-0.4, -0.2) is 33.0 Å². The molecule has 2 saturated carbocycles. The maximum Gasteiger partial charge on any atom is 0.150 e. The molecule has 3 unspecified atom stereocenters. The minimum absolute atomic E-state index is 0.263. The molecular weight excluding hydrogens is 282 g/mol. The first-order valence-electron chi connectivity index (χ1n) is 8.78. The van der Waals surface area contributed by atoms with Gasteiger partial charge in [0.25, 0.3) is 0 Å². The van der Waals surface area contributed by atoms with Crippen molar-refractivity contribution in [3.8, 4) is 0 Å². The first kappa shape index (κ1) is 17.3. The highest BCUT2D eigenvalue weighted by molar-refractivity contribution is 7.91. The van der Waals surface area contributed by atoms with Crippen LogP contribution in [-0.2, 0) is 9.84 Å². The van der Waals surface area contributed by atoms with E-state index in [9.17, 15) is 8.42 Å². The highest BCUT2D eigenvalue weighted by Gasteiger charge is 2.50. The van der Waals surface area contributed by atoms with Gasteiger partial charge in [0.2, 0.25) is 0 Å². The summed E-state index contributed by atoms with van der Waals surface area (Å²) < 4.78 is 24.2. The molecule has 124 valence electrons. The molecule has 2 aliphatic rings. The molecule has 0 radical (unpaired) electrons. The number of fused-ring (bicyclic) bond motifs is 2. The van der Waals surface area contributed by atoms with Crippen molar-refractivity contribution in [1.29, 1.82) is 0 Å². The SMILES string of the molecule is CCCS(=O)(=O)CCC1(CNCC(C)C)CC2CCC1C2. The van der Waals surface area contributed by atoms with Gasteiger partial charge in [-0.2, -0.15) is 0 Å². The second-order valence-electron chi connectivity index (χ2n) is 7.87. The van der Waals surface area contributed by atoms with Crippen LogP contribution in [0.5, 0.6) is 0 Å². The first-order valence-corrected chi connectivity index (χ1v) is 10.6. The van der Waals surface area contributed by atoms with Crippen LogP contribution in [0.3, 0.4) is 0 Å². The molecule has 1 N–H and O–H groups in total. The van der Waals surface area contributed by atoms with Crippen molar-refractivity contribution in [2.24, 2.45) is 23.2 Å². The Morgan fingerprint density at radius 2 is 2.00 bits per heavy atom. The lowest BCUT2D eigenvalue weighted by molar-refractivity contribution is 0.150. The Balaban J connectivity index is 1.97. The van der Waals surface area contributed by atoms with Gasteiger partial charge in [-0.05, 0) is 61.8 Å². The second-order valence-corrected chi connectivity index (χ2v) is 10.2. The van der Waals surface area contributed by atoms with Crippen LogP contribution in [0.4, 0.5) is 0 Å². The minimum Gasteiger partial charge on any atom is -0.316 e. The fourth-order valence-corrected chi connectivity index (χ4v) is 6.09. The molecule has 3 nitrogen and oxygen atoms in total. The summed E-state index contributed by atoms with van der Waals surface area (Å²) in [5.41, 5.74) is 0.263. The average Bonchev–Trinajstić information content (AvgIpc) is 2.97. The fourth-order valence-electron chi connectivity index (χ4n) is 4.55. The summed E-state index contributed by atoms with van der Waals surface area (Å²) in [6.07, 6.45) is 6.91. The Morgan fingerprint density at radius 3 is 2.52 bits per heavy atom. The molecular formula is C17H33NO2S. The summed E-state index contributed by atoms with van der Waals surface area (Å²) in [6.45, 7) is 8.47. The van der Waals surface area contributed by atoms with E-state index in [1.807, 2.05) is 6.92 Å². The zero-order chi connectivity index (χ0) is 15.5. The van der Waals surface area contributed by atoms with Crippen LogP contribution in [0.25, 0.3) is 0 Å². The predicted molar refractivity (Wildman–Crippen MR) is 89.2 cm³/mol. The average molecular weight is 316 g/mol. The van der Waals surface area contributed by atoms with Crippen molar-refractivity contribution >= 4 is 9.84 Å². The smallest absolute Gasteiger partial charge is 0.150 e. The van der Waals surface area contributed by atoms with E-state index in [0.717, 1.165) is 37.8 Å². The second kappa shape index (κ2) is 6.99. The van der Waals surface area contributed by atoms with E-state index in [1.165, 1.54) is 25.7 Å². The molecule has 2 fully saturated rings. The largest absolute Gasteiger partial charge is 0.316 e. The molecule has 0 aromatic carbocycles. The lowest BCUT2D eigenvalue weighted by Gasteiger charge is -2.38. The molecule has 0 aromatic rings. The summed E-state index contributed by atoms with van der Waals surface area (Å²) in [7, 11) is -2.84. The molecule has 0 aliphatic heterocycles. The number of rotatable bonds is 9. The van der Waals surface area contributed by atoms with Crippen molar-refractivity contribution in [2.45, 2.75) is 59.3 Å². The van der Waals surface area contributed by atoms with Crippen LogP contribution in [0.15, 0.2) is 0 Å². The fraction of sp³-hybridized carbons (Fsp3) is 1.00. The molecule has 2 bridgehead atoms. The van der Waals surface area contributed by atoms with Crippen LogP contribution in [0.2, 0.25) is 0 Å². The predicted octanol–water partition coefficient (Wildman–Crippen LogP) is 3.25. The van der Waals surface area contributed by atoms with Crippen molar-refractivity contribution in [2.75, 3.05) is 24.6 Å². The standard InChI is InChI=1S/C17H33NO2S/c1-4-8-21(19,20)9-7-17(13-18-12-14(2)3)11-15-5-6-16(17)10-15/h14-16,18H,4-13H2,1-3H3. The zero-order valence-electron chi connectivity index (χ0n) is 14.0. The van der Waals surface area contributed by atoms with Gasteiger partial charge in [0.05, 0.1) is 5.75 Å². The van der Waals surface area contributed by atoms with Gasteiger partial charge in [-0.1, -0.05) is 27.2 Å². The van der Waals surface area contributed by atoms with Gasteiger partial charge in [-0.15, -0.1) is 0 Å². The molecule has 21 heavy (non-hydrogen) atoms. The third-order valence-corrected chi connectivity index (χ3v) is 7.41. The van der Waals surface area contributed by atoms with E-state index in [2.05, 4.69) is 19.2 Å². The summed E-state index contributed by atoms with van der Waals surface area (Å²) in [6, 6.07) is 0. The van der Waals surface area contributed by atoms with Gasteiger partial charge in [0, 0.05) is 12.3 Å². The Kier molecular flexibility index (Phi) is 5.75. The zero-order valence-corrected chi connectivity index (χ0v) is 14.8. The Hall–Kier alpha value is -0.0900. The third-order valence-electron chi connectivity index (χ3n) is 5.56. The quantitative estimate of drug-likeness (QED) is 0.710. The number of nitrogens with one attached hydrogen (secondary N) is 1. The molecule has 3 atom stereocenters. The van der Waals surface area contributed by atoms with Crippen molar-refractivity contribution in [3.63, 3.8) is 0 Å². The van der Waals surface area contributed by atoms with Gasteiger partial charge in [-0.25, -0.2) is 8.42 Å². The van der Waals surface area contributed by atoms with E-state index in [1.54, 1.807) is 0 Å². The molecule has 0 aromatic heterocycles. The first-order chi connectivity index (χ1) is 9.87. The van der Waals surface area contributed by atoms with Crippen LogP contribution < -0.4 is 5.32 Å². The van der Waals surface area contributed by atoms with Crippen LogP contribution in [0.1, 0.15) is 59.3 Å². The van der Waals surface area contributed by atoms with Crippen molar-refractivity contribution < 1.29 is 8.42 Å². The Morgan fingerprint density at radius 1 is 1.24 bits per heavy atom. The maximum atomic E-state index is 12.1. The van der Waals surface area contributed by atoms with Crippen LogP contribution in [0, 0.1) is 23.2 Å². The molecule has 2 aliphatic carbocycles. The molecule has 2 rings (SSSR count). The van der Waals surface area contributed by atoms with E-state index in [4.69, 9.17) is 0 Å². The Bertz CT molecular complexity index is 432. The number of hydrogen-bond acceptors (Lipinski definition) is 3. The summed E-state index contributed by atoms with van der Waals surface area (Å²) in [5.74, 6) is 3.04. The monoisotopic (exact) mass is 315 g/mol. The van der Waals surface area contributed by atoms with Gasteiger partial charge >= 0.3 is 0 Å². The lowest BCUT2D eigenvalue weighted by Crippen LogP contribution is -2.41. The topological polar surface area (TPSA) is 46.2 Å². The van der Waals surface area contributed by atoms with Crippen molar-refractivity contribution in [3.05, 3.63) is 0 Å². The highest BCUT2D eigenvalue weighted by atomic mass is 32.2. The molecule has 0 amide bonds. The molecule has 0 spiro atoms. The lowest BCUT2D eigenvalue weighted by atomic mass is 9.71. The maximum absolute atomic E-state index is 12.1. The number of sulfone groups is 1. The van der Waals surface area contributed by atoms with E-state index >= 15 is 0 Å². The van der Waals surface area contributed by atoms with Gasteiger partial charge in [0.1, 0.15) is 9.84 Å². The third kappa shape index (κ3) is 4.44. The minimum atomic E-state index is -2.84. The summed E-state index contributed by atoms with van der Waals surface area (Å²) in [5, 5.41) is 3.63. The normalized spacial score (nSPS) is 32.2. The molecule has 4 heteroatoms. The van der Waals surface area contributed by atoms with Gasteiger partial charge < -0.3 is 5.32 Å². The van der Waals surface area contributed by atoms with E-state index in [0.29, 0.717) is 17.4 Å². The molecule has 0 heterocycles. The van der Waals surface area contributed by atoms with E-state index < -0.39 is 9.84 Å². The summed E-state index contributed by atoms with van der Waals surface area (Å²) in [4.78, 5) is 0.